The van der Waals surface area contributed by atoms with Gasteiger partial charge in [0.25, 0.3) is 0 Å². The van der Waals surface area contributed by atoms with Crippen LogP contribution < -0.4 is 9.47 Å². The Morgan fingerprint density at radius 3 is 2.75 bits per heavy atom. The Labute approximate surface area is 116 Å². The van der Waals surface area contributed by atoms with E-state index in [1.54, 1.807) is 18.2 Å². The standard InChI is InChI=1S/C15H14FNO3/c1-3-20-11-4-5-12(10(6-11)9-18)13-7-15(19-2)17-8-14(13)16/h4-9H,3H2,1-2H3. The molecule has 0 saturated heterocycles. The van der Waals surface area contributed by atoms with Gasteiger partial charge in [-0.05, 0) is 30.7 Å². The minimum absolute atomic E-state index is 0.266. The first kappa shape index (κ1) is 14.0. The highest BCUT2D eigenvalue weighted by Gasteiger charge is 2.12. The van der Waals surface area contributed by atoms with Crippen molar-refractivity contribution >= 4 is 6.29 Å². The number of aldehydes is 1. The van der Waals surface area contributed by atoms with E-state index in [0.717, 1.165) is 6.20 Å². The molecule has 5 heteroatoms. The van der Waals surface area contributed by atoms with E-state index in [9.17, 15) is 9.18 Å². The predicted molar refractivity (Wildman–Crippen MR) is 72.7 cm³/mol. The zero-order chi connectivity index (χ0) is 14.5. The van der Waals surface area contributed by atoms with Gasteiger partial charge in [-0.15, -0.1) is 0 Å². The Hall–Kier alpha value is -2.43. The summed E-state index contributed by atoms with van der Waals surface area (Å²) in [5.41, 5.74) is 1.09. The van der Waals surface area contributed by atoms with Crippen LogP contribution in [0.5, 0.6) is 11.6 Å². The van der Waals surface area contributed by atoms with Gasteiger partial charge >= 0.3 is 0 Å². The maximum Gasteiger partial charge on any atom is 0.213 e. The molecule has 2 rings (SSSR count). The molecule has 0 atom stereocenters. The summed E-state index contributed by atoms with van der Waals surface area (Å²) >= 11 is 0. The normalized spacial score (nSPS) is 10.2. The number of hydrogen-bond donors (Lipinski definition) is 0. The number of rotatable bonds is 5. The van der Waals surface area contributed by atoms with E-state index in [1.165, 1.54) is 13.2 Å². The summed E-state index contributed by atoms with van der Waals surface area (Å²) in [4.78, 5) is 15.0. The summed E-state index contributed by atoms with van der Waals surface area (Å²) in [6.07, 6.45) is 1.74. The van der Waals surface area contributed by atoms with Gasteiger partial charge in [0.2, 0.25) is 5.88 Å². The monoisotopic (exact) mass is 275 g/mol. The predicted octanol–water partition coefficient (Wildman–Crippen LogP) is 3.11. The Bertz CT molecular complexity index is 629. The van der Waals surface area contributed by atoms with Gasteiger partial charge in [0.1, 0.15) is 11.6 Å². The van der Waals surface area contributed by atoms with Gasteiger partial charge in [0, 0.05) is 17.2 Å². The number of aromatic nitrogens is 1. The zero-order valence-corrected chi connectivity index (χ0v) is 11.2. The number of nitrogens with zero attached hydrogens (tertiary/aromatic N) is 1. The largest absolute Gasteiger partial charge is 0.494 e. The second-order valence-electron chi connectivity index (χ2n) is 4.01. The van der Waals surface area contributed by atoms with Gasteiger partial charge in [-0.25, -0.2) is 9.37 Å². The van der Waals surface area contributed by atoms with Crippen molar-refractivity contribution in [2.75, 3.05) is 13.7 Å². The quantitative estimate of drug-likeness (QED) is 0.787. The van der Waals surface area contributed by atoms with E-state index >= 15 is 0 Å². The molecule has 0 N–H and O–H groups in total. The van der Waals surface area contributed by atoms with E-state index in [1.807, 2.05) is 6.92 Å². The van der Waals surface area contributed by atoms with Crippen molar-refractivity contribution in [3.63, 3.8) is 0 Å². The summed E-state index contributed by atoms with van der Waals surface area (Å²) in [5.74, 6) is 0.338. The van der Waals surface area contributed by atoms with Gasteiger partial charge in [-0.2, -0.15) is 0 Å². The second-order valence-corrected chi connectivity index (χ2v) is 4.01. The van der Waals surface area contributed by atoms with E-state index in [4.69, 9.17) is 9.47 Å². The minimum Gasteiger partial charge on any atom is -0.494 e. The highest BCUT2D eigenvalue weighted by atomic mass is 19.1. The van der Waals surface area contributed by atoms with E-state index in [-0.39, 0.29) is 11.4 Å². The molecule has 0 bridgehead atoms. The van der Waals surface area contributed by atoms with Crippen molar-refractivity contribution < 1.29 is 18.7 Å². The van der Waals surface area contributed by atoms with Crippen molar-refractivity contribution in [1.82, 2.24) is 4.98 Å². The van der Waals surface area contributed by atoms with Crippen LogP contribution in [-0.4, -0.2) is 25.0 Å². The fraction of sp³-hybridized carbons (Fsp3) is 0.200. The van der Waals surface area contributed by atoms with Crippen LogP contribution in [0.2, 0.25) is 0 Å². The molecule has 20 heavy (non-hydrogen) atoms. The van der Waals surface area contributed by atoms with Crippen LogP contribution in [0, 0.1) is 5.82 Å². The van der Waals surface area contributed by atoms with Crippen molar-refractivity contribution in [1.29, 1.82) is 0 Å². The lowest BCUT2D eigenvalue weighted by Crippen LogP contribution is -1.97. The third kappa shape index (κ3) is 2.77. The number of carbonyl (C=O) groups excluding carboxylic acids is 1. The first-order valence-electron chi connectivity index (χ1n) is 6.11. The maximum absolute atomic E-state index is 13.9. The van der Waals surface area contributed by atoms with Crippen LogP contribution in [0.1, 0.15) is 17.3 Å². The van der Waals surface area contributed by atoms with Gasteiger partial charge in [-0.1, -0.05) is 0 Å². The van der Waals surface area contributed by atoms with Gasteiger partial charge < -0.3 is 9.47 Å². The highest BCUT2D eigenvalue weighted by Crippen LogP contribution is 2.30. The fourth-order valence-corrected chi connectivity index (χ4v) is 1.88. The minimum atomic E-state index is -0.516. The molecule has 4 nitrogen and oxygen atoms in total. The van der Waals surface area contributed by atoms with Crippen LogP contribution in [0.4, 0.5) is 4.39 Å². The molecule has 0 amide bonds. The molecule has 2 aromatic rings. The van der Waals surface area contributed by atoms with Crippen LogP contribution >= 0.6 is 0 Å². The lowest BCUT2D eigenvalue weighted by Gasteiger charge is -2.10. The van der Waals surface area contributed by atoms with Crippen LogP contribution in [0.3, 0.4) is 0 Å². The lowest BCUT2D eigenvalue weighted by molar-refractivity contribution is 0.112. The molecule has 0 aliphatic heterocycles. The van der Waals surface area contributed by atoms with Crippen LogP contribution in [0.25, 0.3) is 11.1 Å². The van der Waals surface area contributed by atoms with E-state index < -0.39 is 5.82 Å². The zero-order valence-electron chi connectivity index (χ0n) is 11.2. The van der Waals surface area contributed by atoms with E-state index in [2.05, 4.69) is 4.98 Å². The van der Waals surface area contributed by atoms with Gasteiger partial charge in [0.15, 0.2) is 6.29 Å². The van der Waals surface area contributed by atoms with Crippen molar-refractivity contribution in [3.8, 4) is 22.8 Å². The molecule has 1 aromatic carbocycles. The first-order chi connectivity index (χ1) is 9.69. The average molecular weight is 275 g/mol. The molecule has 0 aliphatic rings. The smallest absolute Gasteiger partial charge is 0.213 e. The summed E-state index contributed by atoms with van der Waals surface area (Å²) in [7, 11) is 1.45. The van der Waals surface area contributed by atoms with Crippen LogP contribution in [-0.2, 0) is 0 Å². The van der Waals surface area contributed by atoms with Crippen molar-refractivity contribution in [2.24, 2.45) is 0 Å². The summed E-state index contributed by atoms with van der Waals surface area (Å²) < 4.78 is 24.2. The highest BCUT2D eigenvalue weighted by molar-refractivity contribution is 5.88. The Balaban J connectivity index is 2.54. The summed E-state index contributed by atoms with van der Waals surface area (Å²) in [6.45, 7) is 2.34. The molecule has 1 aromatic heterocycles. The molecule has 0 unspecified atom stereocenters. The molecule has 1 heterocycles. The van der Waals surface area contributed by atoms with Gasteiger partial charge in [0.05, 0.1) is 19.9 Å². The molecular formula is C15H14FNO3. The topological polar surface area (TPSA) is 48.4 Å². The van der Waals surface area contributed by atoms with Crippen molar-refractivity contribution in [2.45, 2.75) is 6.92 Å². The van der Waals surface area contributed by atoms with Crippen molar-refractivity contribution in [3.05, 3.63) is 41.8 Å². The Kier molecular flexibility index (Phi) is 4.30. The number of ether oxygens (including phenoxy) is 2. The summed E-state index contributed by atoms with van der Waals surface area (Å²) in [6, 6.07) is 6.38. The molecule has 104 valence electrons. The van der Waals surface area contributed by atoms with E-state index in [0.29, 0.717) is 29.8 Å². The molecule has 0 radical (unpaired) electrons. The Morgan fingerprint density at radius 2 is 2.10 bits per heavy atom. The van der Waals surface area contributed by atoms with Crippen LogP contribution in [0.15, 0.2) is 30.5 Å². The Morgan fingerprint density at radius 1 is 1.30 bits per heavy atom. The SMILES string of the molecule is CCOc1ccc(-c2cc(OC)ncc2F)c(C=O)c1. The number of halogens is 1. The number of benzene rings is 1. The summed E-state index contributed by atoms with van der Waals surface area (Å²) in [5, 5.41) is 0. The fourth-order valence-electron chi connectivity index (χ4n) is 1.88. The molecule has 0 aliphatic carbocycles. The first-order valence-corrected chi connectivity index (χ1v) is 6.11. The number of pyridine rings is 1. The number of hydrogen-bond acceptors (Lipinski definition) is 4. The number of carbonyl (C=O) groups is 1. The second kappa shape index (κ2) is 6.14. The molecular weight excluding hydrogens is 261 g/mol. The molecule has 0 fully saturated rings. The molecule has 0 spiro atoms. The third-order valence-electron chi connectivity index (χ3n) is 2.79. The third-order valence-corrected chi connectivity index (χ3v) is 2.79. The number of methoxy groups -OCH3 is 1. The maximum atomic E-state index is 13.9. The lowest BCUT2D eigenvalue weighted by atomic mass is 10.0. The molecule has 0 saturated carbocycles. The van der Waals surface area contributed by atoms with Gasteiger partial charge in [-0.3, -0.25) is 4.79 Å². The average Bonchev–Trinajstić information content (AvgIpc) is 2.48.